The lowest BCUT2D eigenvalue weighted by molar-refractivity contribution is -0.114. The van der Waals surface area contributed by atoms with Crippen LogP contribution in [0.4, 0.5) is 5.69 Å². The molecule has 1 heterocycles. The quantitative estimate of drug-likeness (QED) is 0.256. The Morgan fingerprint density at radius 2 is 1.74 bits per heavy atom. The first-order valence-corrected chi connectivity index (χ1v) is 11.5. The second-order valence-corrected chi connectivity index (χ2v) is 8.38. The lowest BCUT2D eigenvalue weighted by Crippen LogP contribution is -2.29. The molecule has 0 N–H and O–H groups in total. The lowest BCUT2D eigenvalue weighted by atomic mass is 10.1. The number of para-hydroxylation sites is 1. The molecule has 0 aromatic heterocycles. The number of nitriles is 1. The van der Waals surface area contributed by atoms with E-state index in [0.717, 1.165) is 29.0 Å². The molecule has 0 unspecified atom stereocenters. The van der Waals surface area contributed by atoms with E-state index in [9.17, 15) is 10.1 Å². The van der Waals surface area contributed by atoms with E-state index in [0.29, 0.717) is 36.8 Å². The molecule has 6 nitrogen and oxygen atoms in total. The molecule has 0 atom stereocenters. The van der Waals surface area contributed by atoms with Crippen LogP contribution in [-0.4, -0.2) is 32.8 Å². The fourth-order valence-electron chi connectivity index (χ4n) is 4.16. The number of methoxy groups -OCH3 is 1. The second kappa shape index (κ2) is 10.8. The first kappa shape index (κ1) is 23.9. The van der Waals surface area contributed by atoms with Crippen LogP contribution in [-0.2, 0) is 11.2 Å². The van der Waals surface area contributed by atoms with Crippen molar-refractivity contribution in [3.63, 3.8) is 0 Å². The highest BCUT2D eigenvalue weighted by Crippen LogP contribution is 2.31. The molecule has 6 heteroatoms. The Hall–Kier alpha value is -4.24. The number of hydrogen-bond donors (Lipinski definition) is 0. The van der Waals surface area contributed by atoms with Crippen molar-refractivity contribution >= 4 is 17.7 Å². The summed E-state index contributed by atoms with van der Waals surface area (Å²) >= 11 is 0. The summed E-state index contributed by atoms with van der Waals surface area (Å²) in [7, 11) is 1.55. The highest BCUT2D eigenvalue weighted by Gasteiger charge is 2.26. The summed E-state index contributed by atoms with van der Waals surface area (Å²) in [5, 5.41) is 9.68. The fraction of sp³-hybridized carbons (Fsp3) is 0.241. The van der Waals surface area contributed by atoms with Crippen LogP contribution in [0.5, 0.6) is 17.2 Å². The van der Waals surface area contributed by atoms with Gasteiger partial charge >= 0.3 is 0 Å². The lowest BCUT2D eigenvalue weighted by Gasteiger charge is -2.17. The topological polar surface area (TPSA) is 71.8 Å². The minimum absolute atomic E-state index is 0.0688. The standard InChI is InChI=1S/C29H28N2O4/c1-20-8-10-26(21(2)16-20)34-14-15-35-27-11-9-22(18-28(27)33-3)17-24(19-30)29(32)31-13-12-23-6-4-5-7-25(23)31/h4-11,16-18H,12-15H2,1-3H3. The van der Waals surface area contributed by atoms with Gasteiger partial charge in [-0.25, -0.2) is 0 Å². The molecule has 0 saturated carbocycles. The Labute approximate surface area is 206 Å². The summed E-state index contributed by atoms with van der Waals surface area (Å²) in [6.45, 7) is 5.36. The third-order valence-corrected chi connectivity index (χ3v) is 5.91. The number of aryl methyl sites for hydroxylation is 2. The summed E-state index contributed by atoms with van der Waals surface area (Å²) in [6, 6.07) is 21.2. The summed E-state index contributed by atoms with van der Waals surface area (Å²) in [5.41, 5.74) is 5.00. The normalized spacial score (nSPS) is 12.6. The molecule has 0 radical (unpaired) electrons. The number of amides is 1. The predicted octanol–water partition coefficient (Wildman–Crippen LogP) is 5.27. The summed E-state index contributed by atoms with van der Waals surface area (Å²) in [5.74, 6) is 1.61. The van der Waals surface area contributed by atoms with Crippen molar-refractivity contribution in [2.24, 2.45) is 0 Å². The van der Waals surface area contributed by atoms with E-state index >= 15 is 0 Å². The van der Waals surface area contributed by atoms with Gasteiger partial charge in [-0.2, -0.15) is 5.26 Å². The highest BCUT2D eigenvalue weighted by atomic mass is 16.5. The van der Waals surface area contributed by atoms with Crippen LogP contribution in [0.2, 0.25) is 0 Å². The first-order chi connectivity index (χ1) is 17.0. The third kappa shape index (κ3) is 5.47. The molecule has 0 spiro atoms. The second-order valence-electron chi connectivity index (χ2n) is 8.38. The van der Waals surface area contributed by atoms with Gasteiger partial charge in [0, 0.05) is 12.2 Å². The van der Waals surface area contributed by atoms with E-state index in [1.807, 2.05) is 50.2 Å². The van der Waals surface area contributed by atoms with Crippen LogP contribution in [0, 0.1) is 25.2 Å². The van der Waals surface area contributed by atoms with E-state index in [1.165, 1.54) is 5.56 Å². The van der Waals surface area contributed by atoms with E-state index in [-0.39, 0.29) is 11.5 Å². The van der Waals surface area contributed by atoms with Crippen LogP contribution >= 0.6 is 0 Å². The Morgan fingerprint density at radius 3 is 2.49 bits per heavy atom. The van der Waals surface area contributed by atoms with Gasteiger partial charge < -0.3 is 19.1 Å². The maximum atomic E-state index is 13.1. The number of rotatable bonds is 8. The first-order valence-electron chi connectivity index (χ1n) is 11.5. The molecule has 0 aliphatic carbocycles. The van der Waals surface area contributed by atoms with Gasteiger partial charge in [0.25, 0.3) is 5.91 Å². The van der Waals surface area contributed by atoms with Crippen molar-refractivity contribution in [2.75, 3.05) is 31.8 Å². The summed E-state index contributed by atoms with van der Waals surface area (Å²) in [6.07, 6.45) is 2.37. The van der Waals surface area contributed by atoms with Gasteiger partial charge in [0.2, 0.25) is 0 Å². The zero-order valence-corrected chi connectivity index (χ0v) is 20.2. The minimum Gasteiger partial charge on any atom is -0.493 e. The smallest absolute Gasteiger partial charge is 0.268 e. The average molecular weight is 469 g/mol. The van der Waals surface area contributed by atoms with Crippen molar-refractivity contribution in [3.05, 3.63) is 88.5 Å². The van der Waals surface area contributed by atoms with Crippen molar-refractivity contribution in [2.45, 2.75) is 20.3 Å². The molecule has 4 rings (SSSR count). The van der Waals surface area contributed by atoms with Crippen molar-refractivity contribution in [1.29, 1.82) is 5.26 Å². The van der Waals surface area contributed by atoms with Gasteiger partial charge in [0.1, 0.15) is 30.6 Å². The predicted molar refractivity (Wildman–Crippen MR) is 136 cm³/mol. The molecule has 35 heavy (non-hydrogen) atoms. The van der Waals surface area contributed by atoms with Crippen molar-refractivity contribution < 1.29 is 19.0 Å². The van der Waals surface area contributed by atoms with Gasteiger partial charge in [-0.05, 0) is 67.3 Å². The monoisotopic (exact) mass is 468 g/mol. The zero-order chi connectivity index (χ0) is 24.8. The molecule has 1 aliphatic rings. The van der Waals surface area contributed by atoms with Gasteiger partial charge in [0.15, 0.2) is 11.5 Å². The molecule has 0 fully saturated rings. The Morgan fingerprint density at radius 1 is 1.00 bits per heavy atom. The maximum absolute atomic E-state index is 13.1. The molecule has 3 aromatic carbocycles. The fourth-order valence-corrected chi connectivity index (χ4v) is 4.16. The van der Waals surface area contributed by atoms with Crippen molar-refractivity contribution in [1.82, 2.24) is 0 Å². The molecule has 0 bridgehead atoms. The van der Waals surface area contributed by atoms with Crippen LogP contribution in [0.1, 0.15) is 22.3 Å². The number of anilines is 1. The van der Waals surface area contributed by atoms with E-state index in [2.05, 4.69) is 12.1 Å². The Bertz CT molecular complexity index is 1310. The Kier molecular flexibility index (Phi) is 7.37. The van der Waals surface area contributed by atoms with Crippen LogP contribution < -0.4 is 19.1 Å². The minimum atomic E-state index is -0.305. The number of hydrogen-bond acceptors (Lipinski definition) is 5. The van der Waals surface area contributed by atoms with Crippen molar-refractivity contribution in [3.8, 4) is 23.3 Å². The molecular weight excluding hydrogens is 440 g/mol. The average Bonchev–Trinajstić information content (AvgIpc) is 3.30. The zero-order valence-electron chi connectivity index (χ0n) is 20.2. The number of fused-ring (bicyclic) bond motifs is 1. The van der Waals surface area contributed by atoms with Gasteiger partial charge in [-0.15, -0.1) is 0 Å². The molecule has 1 aliphatic heterocycles. The molecular formula is C29H28N2O4. The van der Waals surface area contributed by atoms with E-state index in [1.54, 1.807) is 36.3 Å². The van der Waals surface area contributed by atoms with E-state index in [4.69, 9.17) is 14.2 Å². The van der Waals surface area contributed by atoms with Gasteiger partial charge in [-0.1, -0.05) is 42.0 Å². The van der Waals surface area contributed by atoms with Gasteiger partial charge in [0.05, 0.1) is 7.11 Å². The van der Waals surface area contributed by atoms with E-state index < -0.39 is 0 Å². The molecule has 1 amide bonds. The molecule has 0 saturated heterocycles. The van der Waals surface area contributed by atoms with Gasteiger partial charge in [-0.3, -0.25) is 4.79 Å². The largest absolute Gasteiger partial charge is 0.493 e. The van der Waals surface area contributed by atoms with Crippen LogP contribution in [0.15, 0.2) is 66.2 Å². The summed E-state index contributed by atoms with van der Waals surface area (Å²) in [4.78, 5) is 14.7. The summed E-state index contributed by atoms with van der Waals surface area (Å²) < 4.78 is 17.2. The number of carbonyl (C=O) groups excluding carboxylic acids is 1. The number of benzene rings is 3. The number of ether oxygens (including phenoxy) is 3. The highest BCUT2D eigenvalue weighted by molar-refractivity contribution is 6.12. The van der Waals surface area contributed by atoms with Crippen LogP contribution in [0.3, 0.4) is 0 Å². The maximum Gasteiger partial charge on any atom is 0.268 e. The SMILES string of the molecule is COc1cc(C=C(C#N)C(=O)N2CCc3ccccc32)ccc1OCCOc1ccc(C)cc1C. The number of nitrogens with zero attached hydrogens (tertiary/aromatic N) is 2. The number of carbonyl (C=O) groups is 1. The van der Waals surface area contributed by atoms with Crippen LogP contribution in [0.25, 0.3) is 6.08 Å². The molecule has 3 aromatic rings. The Balaban J connectivity index is 1.42. The molecule has 178 valence electrons. The third-order valence-electron chi connectivity index (χ3n) is 5.91.